The number of rotatable bonds is 4. The number of nitrogens with zero attached hydrogens (tertiary/aromatic N) is 3. The first-order valence-electron chi connectivity index (χ1n) is 5.35. The number of nitrogens with one attached hydrogen (secondary N) is 1. The summed E-state index contributed by atoms with van der Waals surface area (Å²) in [7, 11) is 1.42. The van der Waals surface area contributed by atoms with Crippen molar-refractivity contribution in [3.05, 3.63) is 5.01 Å². The van der Waals surface area contributed by atoms with Gasteiger partial charge in [-0.1, -0.05) is 11.3 Å². The summed E-state index contributed by atoms with van der Waals surface area (Å²) in [5.41, 5.74) is 2.45. The maximum atomic E-state index is 11.5. The quantitative estimate of drug-likeness (QED) is 0.444. The zero-order valence-corrected chi connectivity index (χ0v) is 10.4. The molecule has 0 spiro atoms. The molecule has 2 rings (SSSR count). The predicted octanol–water partition coefficient (Wildman–Crippen LogP) is -0.0389. The van der Waals surface area contributed by atoms with E-state index in [0.29, 0.717) is 11.7 Å². The topological polar surface area (TPSA) is 93.4 Å². The van der Waals surface area contributed by atoms with Gasteiger partial charge in [-0.3, -0.25) is 15.1 Å². The third-order valence-electron chi connectivity index (χ3n) is 2.77. The minimum Gasteiger partial charge on any atom is -0.468 e. The van der Waals surface area contributed by atoms with Crippen molar-refractivity contribution in [1.82, 2.24) is 15.1 Å². The van der Waals surface area contributed by atoms with E-state index in [1.54, 1.807) is 0 Å². The molecule has 1 atom stereocenters. The van der Waals surface area contributed by atoms with E-state index in [9.17, 15) is 4.79 Å². The van der Waals surface area contributed by atoms with Crippen molar-refractivity contribution in [2.45, 2.75) is 25.4 Å². The number of methoxy groups -OCH3 is 1. The molecule has 0 bridgehead atoms. The summed E-state index contributed by atoms with van der Waals surface area (Å²) in [4.78, 5) is 13.6. The average Bonchev–Trinajstić information content (AvgIpc) is 2.97. The zero-order chi connectivity index (χ0) is 12.3. The van der Waals surface area contributed by atoms with E-state index in [1.165, 1.54) is 18.4 Å². The Morgan fingerprint density at radius 2 is 2.53 bits per heavy atom. The standard InChI is InChI=1S/C9H15N5O2S/c1-16-8(15)6-3-2-4-14(6)5-7-12-13-9(11-10)17-7/h6H,2-5,10H2,1H3,(H,11,13). The van der Waals surface area contributed by atoms with Crippen LogP contribution in [0.3, 0.4) is 0 Å². The van der Waals surface area contributed by atoms with Crippen molar-refractivity contribution in [3.8, 4) is 0 Å². The summed E-state index contributed by atoms with van der Waals surface area (Å²) in [6.45, 7) is 1.49. The highest BCUT2D eigenvalue weighted by atomic mass is 32.1. The summed E-state index contributed by atoms with van der Waals surface area (Å²) in [6, 6.07) is -0.154. The maximum absolute atomic E-state index is 11.5. The van der Waals surface area contributed by atoms with Gasteiger partial charge in [0.2, 0.25) is 5.13 Å². The van der Waals surface area contributed by atoms with Gasteiger partial charge in [-0.2, -0.15) is 0 Å². The van der Waals surface area contributed by atoms with Gasteiger partial charge in [0.1, 0.15) is 11.0 Å². The van der Waals surface area contributed by atoms with E-state index in [1.807, 2.05) is 0 Å². The van der Waals surface area contributed by atoms with E-state index >= 15 is 0 Å². The van der Waals surface area contributed by atoms with E-state index in [2.05, 4.69) is 20.5 Å². The van der Waals surface area contributed by atoms with Crippen LogP contribution in [0.1, 0.15) is 17.8 Å². The second kappa shape index (κ2) is 5.39. The molecule has 3 N–H and O–H groups in total. The number of ether oxygens (including phenoxy) is 1. The van der Waals surface area contributed by atoms with Crippen LogP contribution in [0.2, 0.25) is 0 Å². The highest BCUT2D eigenvalue weighted by Gasteiger charge is 2.31. The molecule has 1 aromatic rings. The number of hydrogen-bond acceptors (Lipinski definition) is 8. The first-order valence-corrected chi connectivity index (χ1v) is 6.17. The number of anilines is 1. The van der Waals surface area contributed by atoms with Crippen LogP contribution in [0.15, 0.2) is 0 Å². The Balaban J connectivity index is 2.00. The molecule has 8 heteroatoms. The van der Waals surface area contributed by atoms with Crippen LogP contribution in [0.25, 0.3) is 0 Å². The van der Waals surface area contributed by atoms with Crippen LogP contribution in [0.4, 0.5) is 5.13 Å². The second-order valence-corrected chi connectivity index (χ2v) is 4.86. The molecule has 0 saturated carbocycles. The van der Waals surface area contributed by atoms with E-state index in [4.69, 9.17) is 10.6 Å². The monoisotopic (exact) mass is 257 g/mol. The SMILES string of the molecule is COC(=O)C1CCCN1Cc1nnc(NN)s1. The van der Waals surface area contributed by atoms with Crippen molar-refractivity contribution in [3.63, 3.8) is 0 Å². The smallest absolute Gasteiger partial charge is 0.323 e. The number of hydrazine groups is 1. The predicted molar refractivity (Wildman–Crippen MR) is 63.2 cm³/mol. The number of carbonyl (C=O) groups excluding carboxylic acids is 1. The van der Waals surface area contributed by atoms with E-state index < -0.39 is 0 Å². The Bertz CT molecular complexity index is 396. The lowest BCUT2D eigenvalue weighted by Crippen LogP contribution is -2.36. The lowest BCUT2D eigenvalue weighted by atomic mass is 10.2. The Labute approximate surface area is 103 Å². The van der Waals surface area contributed by atoms with Gasteiger partial charge in [-0.25, -0.2) is 5.84 Å². The molecule has 2 heterocycles. The van der Waals surface area contributed by atoms with Crippen molar-refractivity contribution >= 4 is 22.4 Å². The maximum Gasteiger partial charge on any atom is 0.323 e. The lowest BCUT2D eigenvalue weighted by molar-refractivity contribution is -0.146. The molecule has 1 aromatic heterocycles. The minimum atomic E-state index is -0.177. The largest absolute Gasteiger partial charge is 0.468 e. The summed E-state index contributed by atoms with van der Waals surface area (Å²) < 4.78 is 4.78. The fraction of sp³-hybridized carbons (Fsp3) is 0.667. The van der Waals surface area contributed by atoms with Crippen molar-refractivity contribution in [2.75, 3.05) is 19.1 Å². The van der Waals surface area contributed by atoms with Gasteiger partial charge in [0.05, 0.1) is 13.7 Å². The summed E-state index contributed by atoms with van der Waals surface area (Å²) in [5, 5.41) is 9.28. The first-order chi connectivity index (χ1) is 8.24. The molecule has 1 unspecified atom stereocenters. The van der Waals surface area contributed by atoms with Crippen molar-refractivity contribution in [1.29, 1.82) is 0 Å². The van der Waals surface area contributed by atoms with E-state index in [-0.39, 0.29) is 12.0 Å². The van der Waals surface area contributed by atoms with Gasteiger partial charge in [-0.05, 0) is 19.4 Å². The molecule has 0 aromatic carbocycles. The summed E-state index contributed by atoms with van der Waals surface area (Å²) >= 11 is 1.39. The fourth-order valence-electron chi connectivity index (χ4n) is 1.97. The zero-order valence-electron chi connectivity index (χ0n) is 9.55. The number of nitrogens with two attached hydrogens (primary N) is 1. The number of nitrogen functional groups attached to an aromatic ring is 1. The van der Waals surface area contributed by atoms with Crippen molar-refractivity contribution in [2.24, 2.45) is 5.84 Å². The molecule has 1 aliphatic heterocycles. The number of likely N-dealkylation sites (tertiary alicyclic amines) is 1. The third kappa shape index (κ3) is 2.71. The molecular weight excluding hydrogens is 242 g/mol. The molecule has 1 saturated heterocycles. The molecule has 0 radical (unpaired) electrons. The fourth-order valence-corrected chi connectivity index (χ4v) is 2.64. The molecular formula is C9H15N5O2S. The minimum absolute atomic E-state index is 0.154. The first kappa shape index (κ1) is 12.2. The molecule has 0 amide bonds. The molecule has 94 valence electrons. The Morgan fingerprint density at radius 1 is 1.71 bits per heavy atom. The highest BCUT2D eigenvalue weighted by Crippen LogP contribution is 2.23. The third-order valence-corrected chi connectivity index (χ3v) is 3.60. The number of hydrogen-bond donors (Lipinski definition) is 2. The van der Waals surface area contributed by atoms with Crippen molar-refractivity contribution < 1.29 is 9.53 Å². The molecule has 0 aliphatic carbocycles. The van der Waals surface area contributed by atoms with Gasteiger partial charge >= 0.3 is 5.97 Å². The van der Waals surface area contributed by atoms with Crippen LogP contribution in [0, 0.1) is 0 Å². The highest BCUT2D eigenvalue weighted by molar-refractivity contribution is 7.15. The Morgan fingerprint density at radius 3 is 3.18 bits per heavy atom. The van der Waals surface area contributed by atoms with Gasteiger partial charge in [0, 0.05) is 0 Å². The van der Waals surface area contributed by atoms with Gasteiger partial charge in [-0.15, -0.1) is 10.2 Å². The Hall–Kier alpha value is -1.25. The van der Waals surface area contributed by atoms with Crippen LogP contribution in [0.5, 0.6) is 0 Å². The molecule has 7 nitrogen and oxygen atoms in total. The summed E-state index contributed by atoms with van der Waals surface area (Å²) in [6.07, 6.45) is 1.84. The molecule has 17 heavy (non-hydrogen) atoms. The molecule has 1 fully saturated rings. The molecule has 1 aliphatic rings. The van der Waals surface area contributed by atoms with Crippen LogP contribution < -0.4 is 11.3 Å². The van der Waals surface area contributed by atoms with Gasteiger partial charge in [0.15, 0.2) is 0 Å². The van der Waals surface area contributed by atoms with Gasteiger partial charge < -0.3 is 4.74 Å². The second-order valence-electron chi connectivity index (χ2n) is 3.80. The van der Waals surface area contributed by atoms with Crippen LogP contribution in [-0.2, 0) is 16.1 Å². The van der Waals surface area contributed by atoms with Crippen LogP contribution in [-0.4, -0.2) is 40.8 Å². The normalized spacial score (nSPS) is 20.5. The van der Waals surface area contributed by atoms with Crippen LogP contribution >= 0.6 is 11.3 Å². The number of esters is 1. The summed E-state index contributed by atoms with van der Waals surface area (Å²) in [5.74, 6) is 5.06. The number of carbonyl (C=O) groups is 1. The number of aromatic nitrogens is 2. The lowest BCUT2D eigenvalue weighted by Gasteiger charge is -2.20. The average molecular weight is 257 g/mol. The Kier molecular flexibility index (Phi) is 3.87. The van der Waals surface area contributed by atoms with E-state index in [0.717, 1.165) is 24.4 Å². The van der Waals surface area contributed by atoms with Gasteiger partial charge in [0.25, 0.3) is 0 Å².